The van der Waals surface area contributed by atoms with Crippen LogP contribution in [0.2, 0.25) is 0 Å². The van der Waals surface area contributed by atoms with Crippen LogP contribution in [0.3, 0.4) is 0 Å². The second-order valence-electron chi connectivity index (χ2n) is 4.83. The number of hydrogen-bond donors (Lipinski definition) is 4. The lowest BCUT2D eigenvalue weighted by molar-refractivity contribution is 0.735. The SMILES string of the molecule is CCl.Nc1nc2[nH]cc(CNCCSc3ccccc3)c2c(=O)[nH]1. The maximum atomic E-state index is 11.9. The zero-order valence-corrected chi connectivity index (χ0v) is 14.9. The summed E-state index contributed by atoms with van der Waals surface area (Å²) in [4.78, 5) is 22.8. The van der Waals surface area contributed by atoms with E-state index in [2.05, 4.69) is 44.0 Å². The molecule has 8 heteroatoms. The summed E-state index contributed by atoms with van der Waals surface area (Å²) >= 11 is 6.44. The molecule has 3 aromatic rings. The minimum Gasteiger partial charge on any atom is -0.369 e. The first-order chi connectivity index (χ1) is 11.7. The largest absolute Gasteiger partial charge is 0.369 e. The average Bonchev–Trinajstić information content (AvgIpc) is 3.00. The number of rotatable bonds is 6. The van der Waals surface area contributed by atoms with Crippen molar-refractivity contribution < 1.29 is 0 Å². The number of hydrogen-bond acceptors (Lipinski definition) is 5. The molecule has 2 heterocycles. The third-order valence-electron chi connectivity index (χ3n) is 3.25. The van der Waals surface area contributed by atoms with Gasteiger partial charge in [0.15, 0.2) is 0 Å². The molecular formula is C16H20ClN5OS. The van der Waals surface area contributed by atoms with Crippen LogP contribution in [-0.4, -0.2) is 33.6 Å². The van der Waals surface area contributed by atoms with Crippen LogP contribution in [0.5, 0.6) is 0 Å². The molecule has 6 nitrogen and oxygen atoms in total. The number of alkyl halides is 1. The third kappa shape index (κ3) is 4.77. The van der Waals surface area contributed by atoms with Gasteiger partial charge in [-0.25, -0.2) is 0 Å². The van der Waals surface area contributed by atoms with E-state index < -0.39 is 0 Å². The number of aromatic amines is 2. The van der Waals surface area contributed by atoms with Crippen LogP contribution in [-0.2, 0) is 6.54 Å². The van der Waals surface area contributed by atoms with Crippen molar-refractivity contribution in [3.63, 3.8) is 0 Å². The van der Waals surface area contributed by atoms with Crippen LogP contribution in [0.1, 0.15) is 5.56 Å². The Morgan fingerprint density at radius 3 is 2.79 bits per heavy atom. The normalized spacial score (nSPS) is 10.4. The van der Waals surface area contributed by atoms with E-state index in [1.807, 2.05) is 18.2 Å². The van der Waals surface area contributed by atoms with Gasteiger partial charge in [-0.05, 0) is 17.7 Å². The monoisotopic (exact) mass is 365 g/mol. The zero-order chi connectivity index (χ0) is 17.4. The topological polar surface area (TPSA) is 99.6 Å². The molecule has 128 valence electrons. The Balaban J connectivity index is 0.00000100. The van der Waals surface area contributed by atoms with E-state index in [1.54, 1.807) is 18.0 Å². The third-order valence-corrected chi connectivity index (χ3v) is 4.26. The van der Waals surface area contributed by atoms with Crippen LogP contribution in [0, 0.1) is 0 Å². The summed E-state index contributed by atoms with van der Waals surface area (Å²) < 4.78 is 0. The predicted molar refractivity (Wildman–Crippen MR) is 102 cm³/mol. The van der Waals surface area contributed by atoms with Crippen molar-refractivity contribution in [2.24, 2.45) is 0 Å². The minimum absolute atomic E-state index is 0.123. The van der Waals surface area contributed by atoms with E-state index in [1.165, 1.54) is 11.3 Å². The number of nitrogens with one attached hydrogen (secondary N) is 3. The Kier molecular flexibility index (Phi) is 7.17. The summed E-state index contributed by atoms with van der Waals surface area (Å²) in [6.07, 6.45) is 3.27. The molecule has 0 bridgehead atoms. The molecule has 5 N–H and O–H groups in total. The van der Waals surface area contributed by atoms with Crippen molar-refractivity contribution >= 4 is 40.3 Å². The molecule has 0 fully saturated rings. The molecule has 24 heavy (non-hydrogen) atoms. The van der Waals surface area contributed by atoms with Crippen LogP contribution in [0.25, 0.3) is 11.0 Å². The van der Waals surface area contributed by atoms with E-state index in [4.69, 9.17) is 5.73 Å². The van der Waals surface area contributed by atoms with E-state index in [0.29, 0.717) is 17.6 Å². The first kappa shape index (κ1) is 18.4. The minimum atomic E-state index is -0.209. The number of benzene rings is 1. The number of nitrogens with two attached hydrogens (primary N) is 1. The fraction of sp³-hybridized carbons (Fsp3) is 0.250. The fourth-order valence-electron chi connectivity index (χ4n) is 2.24. The fourth-order valence-corrected chi connectivity index (χ4v) is 3.07. The zero-order valence-electron chi connectivity index (χ0n) is 13.3. The van der Waals surface area contributed by atoms with Crippen LogP contribution in [0.15, 0.2) is 46.2 Å². The number of thioether (sulfide) groups is 1. The molecule has 0 amide bonds. The summed E-state index contributed by atoms with van der Waals surface area (Å²) in [6, 6.07) is 10.3. The highest BCUT2D eigenvalue weighted by Crippen LogP contribution is 2.16. The summed E-state index contributed by atoms with van der Waals surface area (Å²) in [5, 5.41) is 3.91. The lowest BCUT2D eigenvalue weighted by Gasteiger charge is -2.04. The molecular weight excluding hydrogens is 346 g/mol. The van der Waals surface area contributed by atoms with E-state index >= 15 is 0 Å². The van der Waals surface area contributed by atoms with Crippen molar-refractivity contribution in [1.82, 2.24) is 20.3 Å². The van der Waals surface area contributed by atoms with Gasteiger partial charge >= 0.3 is 0 Å². The number of nitrogen functional groups attached to an aromatic ring is 1. The Labute approximate surface area is 149 Å². The molecule has 0 spiro atoms. The molecule has 0 saturated carbocycles. The van der Waals surface area contributed by atoms with E-state index in [9.17, 15) is 4.79 Å². The van der Waals surface area contributed by atoms with Gasteiger partial charge in [0.05, 0.1) is 5.39 Å². The highest BCUT2D eigenvalue weighted by atomic mass is 35.5. The van der Waals surface area contributed by atoms with Gasteiger partial charge in [-0.1, -0.05) is 18.2 Å². The average molecular weight is 366 g/mol. The van der Waals surface area contributed by atoms with Crippen molar-refractivity contribution in [3.8, 4) is 0 Å². The number of anilines is 1. The van der Waals surface area contributed by atoms with Gasteiger partial charge < -0.3 is 16.0 Å². The molecule has 0 aliphatic carbocycles. The van der Waals surface area contributed by atoms with Gasteiger partial charge in [-0.15, -0.1) is 23.4 Å². The Bertz CT molecular complexity index is 818. The maximum Gasteiger partial charge on any atom is 0.262 e. The Morgan fingerprint density at radius 2 is 2.04 bits per heavy atom. The van der Waals surface area contributed by atoms with E-state index in [0.717, 1.165) is 17.9 Å². The molecule has 0 unspecified atom stereocenters. The van der Waals surface area contributed by atoms with Crippen molar-refractivity contribution in [2.75, 3.05) is 24.4 Å². The molecule has 1 aromatic carbocycles. The second kappa shape index (κ2) is 9.36. The smallest absolute Gasteiger partial charge is 0.262 e. The molecule has 0 aliphatic rings. The quantitative estimate of drug-likeness (QED) is 0.305. The number of aromatic nitrogens is 3. The van der Waals surface area contributed by atoms with E-state index in [-0.39, 0.29) is 11.5 Å². The molecule has 0 aliphatic heterocycles. The number of nitrogens with zero attached hydrogens (tertiary/aromatic N) is 1. The summed E-state index contributed by atoms with van der Waals surface area (Å²) in [5.41, 5.74) is 6.74. The maximum absolute atomic E-state index is 11.9. The summed E-state index contributed by atoms with van der Waals surface area (Å²) in [7, 11) is 0. The number of fused-ring (bicyclic) bond motifs is 1. The Morgan fingerprint density at radius 1 is 1.29 bits per heavy atom. The summed E-state index contributed by atoms with van der Waals surface area (Å²) in [5.74, 6) is 1.09. The molecule has 0 radical (unpaired) electrons. The Hall–Kier alpha value is -1.96. The van der Waals surface area contributed by atoms with Gasteiger partial charge in [0.25, 0.3) is 5.56 Å². The lowest BCUT2D eigenvalue weighted by Crippen LogP contribution is -2.18. The van der Waals surface area contributed by atoms with Crippen LogP contribution < -0.4 is 16.6 Å². The first-order valence-corrected chi connectivity index (χ1v) is 9.10. The first-order valence-electron chi connectivity index (χ1n) is 7.36. The van der Waals surface area contributed by atoms with Gasteiger partial charge in [-0.3, -0.25) is 9.78 Å². The van der Waals surface area contributed by atoms with Crippen molar-refractivity contribution in [3.05, 3.63) is 52.4 Å². The lowest BCUT2D eigenvalue weighted by atomic mass is 10.2. The second-order valence-corrected chi connectivity index (χ2v) is 6.00. The van der Waals surface area contributed by atoms with Gasteiger partial charge in [0, 0.05) is 36.3 Å². The molecule has 0 atom stereocenters. The number of halogens is 1. The standard InChI is InChI=1S/C15H17N5OS.CH3Cl/c16-15-19-13-12(14(21)20-15)10(9-18-13)8-17-6-7-22-11-4-2-1-3-5-11;1-2/h1-5,9,17H,6-8H2,(H4,16,18,19,20,21);1H3. The van der Waals surface area contributed by atoms with Gasteiger partial charge in [0.1, 0.15) is 5.65 Å². The van der Waals surface area contributed by atoms with Crippen LogP contribution >= 0.6 is 23.4 Å². The molecule has 3 rings (SSSR count). The predicted octanol–water partition coefficient (Wildman–Crippen LogP) is 2.57. The highest BCUT2D eigenvalue weighted by Gasteiger charge is 2.09. The number of H-pyrrole nitrogens is 2. The van der Waals surface area contributed by atoms with Crippen LogP contribution in [0.4, 0.5) is 5.95 Å². The molecule has 2 aromatic heterocycles. The molecule has 0 saturated heterocycles. The van der Waals surface area contributed by atoms with Crippen molar-refractivity contribution in [2.45, 2.75) is 11.4 Å². The van der Waals surface area contributed by atoms with Crippen molar-refractivity contribution in [1.29, 1.82) is 0 Å². The highest BCUT2D eigenvalue weighted by molar-refractivity contribution is 7.99. The summed E-state index contributed by atoms with van der Waals surface area (Å²) in [6.45, 7) is 1.47. The van der Waals surface area contributed by atoms with Gasteiger partial charge in [0.2, 0.25) is 5.95 Å². The van der Waals surface area contributed by atoms with Gasteiger partial charge in [-0.2, -0.15) is 4.98 Å².